The van der Waals surface area contributed by atoms with E-state index >= 15 is 0 Å². The quantitative estimate of drug-likeness (QED) is 0.449. The zero-order valence-electron chi connectivity index (χ0n) is 11.6. The van der Waals surface area contributed by atoms with Crippen LogP contribution in [0.1, 0.15) is 59.3 Å². The van der Waals surface area contributed by atoms with Crippen molar-refractivity contribution in [1.82, 2.24) is 0 Å². The van der Waals surface area contributed by atoms with Crippen LogP contribution in [0.2, 0.25) is 0 Å². The van der Waals surface area contributed by atoms with Gasteiger partial charge in [-0.15, -0.1) is 0 Å². The zero-order chi connectivity index (χ0) is 12.7. The summed E-state index contributed by atoms with van der Waals surface area (Å²) in [4.78, 5) is 4.02. The molecule has 1 heteroatoms. The van der Waals surface area contributed by atoms with Crippen LogP contribution in [0, 0.1) is 23.8 Å². The highest BCUT2D eigenvalue weighted by Crippen LogP contribution is 2.57. The van der Waals surface area contributed by atoms with Gasteiger partial charge in [0.15, 0.2) is 0 Å². The van der Waals surface area contributed by atoms with Gasteiger partial charge in [-0.1, -0.05) is 19.1 Å². The molecule has 0 N–H and O–H groups in total. The molecule has 2 aliphatic rings. The fraction of sp³-hybridized carbons (Fsp3) is 0.812. The van der Waals surface area contributed by atoms with E-state index in [0.29, 0.717) is 17.3 Å². The van der Waals surface area contributed by atoms with Gasteiger partial charge >= 0.3 is 0 Å². The van der Waals surface area contributed by atoms with Crippen LogP contribution in [0.4, 0.5) is 0 Å². The Morgan fingerprint density at radius 2 is 2.00 bits per heavy atom. The Morgan fingerprint density at radius 1 is 1.29 bits per heavy atom. The maximum Gasteiger partial charge on any atom is 0.233 e. The highest BCUT2D eigenvalue weighted by molar-refractivity contribution is 5.13. The lowest BCUT2D eigenvalue weighted by atomic mass is 9.52. The van der Waals surface area contributed by atoms with Crippen molar-refractivity contribution in [3.8, 4) is 0 Å². The molecule has 0 aromatic carbocycles. The minimum atomic E-state index is -0.110. The summed E-state index contributed by atoms with van der Waals surface area (Å²) in [5.41, 5.74) is 1.63. The maximum absolute atomic E-state index is 7.58. The number of nitrogens with zero attached hydrogens (tertiary/aromatic N) is 1. The minimum Gasteiger partial charge on any atom is -0.310 e. The van der Waals surface area contributed by atoms with E-state index in [1.54, 1.807) is 0 Å². The van der Waals surface area contributed by atoms with Crippen LogP contribution < -0.4 is 0 Å². The Bertz CT molecular complexity index is 364. The van der Waals surface area contributed by atoms with Gasteiger partial charge in [-0.2, -0.15) is 0 Å². The third kappa shape index (κ3) is 2.03. The summed E-state index contributed by atoms with van der Waals surface area (Å²) in [5, 5.41) is 0. The molecular weight excluding hydrogens is 206 g/mol. The highest BCUT2D eigenvalue weighted by atomic mass is 14.8. The molecule has 0 aliphatic heterocycles. The van der Waals surface area contributed by atoms with Gasteiger partial charge in [-0.3, -0.25) is 0 Å². The van der Waals surface area contributed by atoms with Crippen molar-refractivity contribution in [3.63, 3.8) is 0 Å². The predicted octanol–water partition coefficient (Wildman–Crippen LogP) is 4.85. The van der Waals surface area contributed by atoms with E-state index in [1.165, 1.54) is 37.7 Å². The van der Waals surface area contributed by atoms with Crippen molar-refractivity contribution in [3.05, 3.63) is 23.6 Å². The van der Waals surface area contributed by atoms with Crippen molar-refractivity contribution < 1.29 is 0 Å². The van der Waals surface area contributed by atoms with Crippen LogP contribution in [-0.2, 0) is 0 Å². The molecule has 2 rings (SSSR count). The first-order chi connectivity index (χ1) is 7.91. The summed E-state index contributed by atoms with van der Waals surface area (Å²) in [5.74, 6) is 1.24. The van der Waals surface area contributed by atoms with Crippen LogP contribution in [0.25, 0.3) is 4.85 Å². The topological polar surface area (TPSA) is 4.36 Å². The minimum absolute atomic E-state index is 0.110. The first-order valence-electron chi connectivity index (χ1n) is 6.95. The standard InChI is InChI=1S/C16H25N/c1-12(2)13-7-10-15(3)8-6-9-16(4,17-5)14(15)11-13/h13-14H,1,6-11H2,2-4H3. The fourth-order valence-electron chi connectivity index (χ4n) is 4.27. The van der Waals surface area contributed by atoms with Crippen molar-refractivity contribution in [2.45, 2.75) is 64.8 Å². The van der Waals surface area contributed by atoms with E-state index in [0.717, 1.165) is 6.42 Å². The smallest absolute Gasteiger partial charge is 0.233 e. The third-order valence-electron chi connectivity index (χ3n) is 5.56. The van der Waals surface area contributed by atoms with Crippen LogP contribution in [-0.4, -0.2) is 5.54 Å². The predicted molar refractivity (Wildman–Crippen MR) is 72.6 cm³/mol. The Morgan fingerprint density at radius 3 is 2.59 bits per heavy atom. The molecule has 0 aromatic heterocycles. The van der Waals surface area contributed by atoms with Crippen LogP contribution in [0.3, 0.4) is 0 Å². The highest BCUT2D eigenvalue weighted by Gasteiger charge is 2.55. The second-order valence-electron chi connectivity index (χ2n) is 6.85. The first-order valence-corrected chi connectivity index (χ1v) is 6.95. The Labute approximate surface area is 106 Å². The van der Waals surface area contributed by atoms with Gasteiger partial charge in [0.1, 0.15) is 0 Å². The van der Waals surface area contributed by atoms with E-state index in [4.69, 9.17) is 6.57 Å². The fourth-order valence-corrected chi connectivity index (χ4v) is 4.27. The van der Waals surface area contributed by atoms with Crippen LogP contribution in [0.15, 0.2) is 12.2 Å². The van der Waals surface area contributed by atoms with Crippen LogP contribution in [0.5, 0.6) is 0 Å². The second kappa shape index (κ2) is 4.16. The SMILES string of the molecule is [C-]#[N+]C1(C)CCCC2(C)CCC(C(=C)C)CC21. The summed E-state index contributed by atoms with van der Waals surface area (Å²) < 4.78 is 0. The molecule has 17 heavy (non-hydrogen) atoms. The average molecular weight is 231 g/mol. The molecule has 0 bridgehead atoms. The van der Waals surface area contributed by atoms with Gasteiger partial charge in [0, 0.05) is 19.3 Å². The summed E-state index contributed by atoms with van der Waals surface area (Å²) in [7, 11) is 0. The molecule has 4 atom stereocenters. The van der Waals surface area contributed by atoms with Crippen molar-refractivity contribution in [2.24, 2.45) is 17.3 Å². The van der Waals surface area contributed by atoms with Crippen molar-refractivity contribution in [1.29, 1.82) is 0 Å². The van der Waals surface area contributed by atoms with E-state index in [1.807, 2.05) is 0 Å². The lowest BCUT2D eigenvalue weighted by Gasteiger charge is -2.51. The van der Waals surface area contributed by atoms with Gasteiger partial charge in [0.2, 0.25) is 5.54 Å². The molecule has 0 radical (unpaired) electrons. The molecule has 0 heterocycles. The van der Waals surface area contributed by atoms with E-state index in [9.17, 15) is 0 Å². The van der Waals surface area contributed by atoms with Gasteiger partial charge < -0.3 is 4.85 Å². The summed E-state index contributed by atoms with van der Waals surface area (Å²) in [6.45, 7) is 18.5. The summed E-state index contributed by atoms with van der Waals surface area (Å²) >= 11 is 0. The van der Waals surface area contributed by atoms with Gasteiger partial charge in [0.25, 0.3) is 0 Å². The van der Waals surface area contributed by atoms with Crippen molar-refractivity contribution >= 4 is 0 Å². The summed E-state index contributed by atoms with van der Waals surface area (Å²) in [6.07, 6.45) is 7.44. The normalized spacial score (nSPS) is 45.8. The second-order valence-corrected chi connectivity index (χ2v) is 6.85. The van der Waals surface area contributed by atoms with Gasteiger partial charge in [-0.05, 0) is 50.4 Å². The monoisotopic (exact) mass is 231 g/mol. The number of hydrogen-bond donors (Lipinski definition) is 0. The van der Waals surface area contributed by atoms with E-state index in [2.05, 4.69) is 32.2 Å². The molecule has 0 amide bonds. The molecule has 2 saturated carbocycles. The molecule has 1 nitrogen and oxygen atoms in total. The number of fused-ring (bicyclic) bond motifs is 1. The molecule has 2 aliphatic carbocycles. The lowest BCUT2D eigenvalue weighted by Crippen LogP contribution is -2.49. The molecule has 94 valence electrons. The largest absolute Gasteiger partial charge is 0.310 e. The van der Waals surface area contributed by atoms with Gasteiger partial charge in [-0.25, -0.2) is 6.57 Å². The zero-order valence-corrected chi connectivity index (χ0v) is 11.6. The summed E-state index contributed by atoms with van der Waals surface area (Å²) in [6, 6.07) is 0. The lowest BCUT2D eigenvalue weighted by molar-refractivity contribution is 0.00642. The van der Waals surface area contributed by atoms with Gasteiger partial charge in [0.05, 0.1) is 0 Å². The Kier molecular flexibility index (Phi) is 3.10. The Balaban J connectivity index is 2.28. The molecule has 0 aromatic rings. The molecule has 0 saturated heterocycles. The number of hydrogen-bond acceptors (Lipinski definition) is 0. The first kappa shape index (κ1) is 12.7. The molecule has 0 spiro atoms. The number of rotatable bonds is 1. The van der Waals surface area contributed by atoms with E-state index in [-0.39, 0.29) is 5.54 Å². The molecular formula is C16H25N. The molecule has 2 fully saturated rings. The van der Waals surface area contributed by atoms with E-state index < -0.39 is 0 Å². The number of allylic oxidation sites excluding steroid dienone is 1. The average Bonchev–Trinajstić information content (AvgIpc) is 2.28. The van der Waals surface area contributed by atoms with Crippen molar-refractivity contribution in [2.75, 3.05) is 0 Å². The van der Waals surface area contributed by atoms with Crippen LogP contribution >= 0.6 is 0 Å². The Hall–Kier alpha value is -0.770. The third-order valence-corrected chi connectivity index (χ3v) is 5.56. The maximum atomic E-state index is 7.58. The molecule has 4 unspecified atom stereocenters.